The van der Waals surface area contributed by atoms with E-state index in [1.807, 2.05) is 0 Å². The third-order valence-electron chi connectivity index (χ3n) is 2.45. The normalized spacial score (nSPS) is 31.7. The summed E-state index contributed by atoms with van der Waals surface area (Å²) in [6.45, 7) is 3.29. The fourth-order valence-corrected chi connectivity index (χ4v) is 1.70. The summed E-state index contributed by atoms with van der Waals surface area (Å²) in [5, 5.41) is 10.3. The molecule has 0 aromatic heterocycles. The summed E-state index contributed by atoms with van der Waals surface area (Å²) >= 11 is 0. The topological polar surface area (TPSA) is 44.6 Å². The van der Waals surface area contributed by atoms with Crippen molar-refractivity contribution >= 4 is 5.97 Å². The predicted octanol–water partition coefficient (Wildman–Crippen LogP) is -1.81. The molecule has 0 bridgehead atoms. The van der Waals surface area contributed by atoms with Gasteiger partial charge in [-0.3, -0.25) is 0 Å². The molecule has 0 spiro atoms. The van der Waals surface area contributed by atoms with Crippen molar-refractivity contribution in [3.63, 3.8) is 0 Å². The first-order chi connectivity index (χ1) is 5.20. The molecule has 0 aliphatic carbocycles. The lowest BCUT2D eigenvalue weighted by Gasteiger charge is -2.30. The first kappa shape index (κ1) is 8.53. The number of carbonyl (C=O) groups excluding carboxylic acids is 1. The van der Waals surface area contributed by atoms with Gasteiger partial charge in [-0.25, -0.2) is 0 Å². The van der Waals surface area contributed by atoms with Gasteiger partial charge in [0.05, 0.1) is 18.6 Å². The Hall–Kier alpha value is -0.570. The molecule has 0 aromatic rings. The molecule has 1 N–H and O–H groups in total. The number of nitrogens with one attached hydrogen (secondary N) is 1. The predicted molar refractivity (Wildman–Crippen MR) is 39.0 cm³/mol. The summed E-state index contributed by atoms with van der Waals surface area (Å²) in [4.78, 5) is 11.5. The Kier molecular flexibility index (Phi) is 2.88. The van der Waals surface area contributed by atoms with Crippen molar-refractivity contribution in [2.75, 3.05) is 13.1 Å². The molecule has 0 saturated carbocycles. The van der Waals surface area contributed by atoms with Crippen LogP contribution in [-0.4, -0.2) is 25.1 Å². The van der Waals surface area contributed by atoms with Gasteiger partial charge in [0, 0.05) is 0 Å². The number of quaternary nitrogens is 1. The molecule has 3 heteroatoms. The number of aliphatic carboxylic acids is 1. The largest absolute Gasteiger partial charge is 0.544 e. The Morgan fingerprint density at radius 2 is 2.36 bits per heavy atom. The second-order valence-electron chi connectivity index (χ2n) is 3.35. The highest BCUT2D eigenvalue weighted by Crippen LogP contribution is 2.00. The van der Waals surface area contributed by atoms with Gasteiger partial charge >= 0.3 is 0 Å². The van der Waals surface area contributed by atoms with E-state index in [0.29, 0.717) is 6.04 Å². The molecule has 2 atom stereocenters. The van der Waals surface area contributed by atoms with Crippen LogP contribution < -0.4 is 10.0 Å². The molecule has 1 rings (SSSR count). The number of carbonyl (C=O) groups is 1. The monoisotopic (exact) mass is 157 g/mol. The molecule has 3 nitrogen and oxygen atoms in total. The minimum atomic E-state index is -0.922. The fraction of sp³-hybridized carbons (Fsp3) is 0.875. The van der Waals surface area contributed by atoms with Gasteiger partial charge in [0.25, 0.3) is 0 Å². The van der Waals surface area contributed by atoms with Crippen molar-refractivity contribution in [3.8, 4) is 0 Å². The minimum absolute atomic E-state index is 0.182. The molecule has 1 aliphatic rings. The van der Waals surface area contributed by atoms with Gasteiger partial charge in [-0.15, -0.1) is 0 Å². The third-order valence-corrected chi connectivity index (χ3v) is 2.45. The fourth-order valence-electron chi connectivity index (χ4n) is 1.70. The SMILES string of the molecule is C[C@H]1CCCC[NH+]1CC(=O)[O-]. The van der Waals surface area contributed by atoms with Crippen molar-refractivity contribution in [1.29, 1.82) is 0 Å². The quantitative estimate of drug-likeness (QED) is 0.513. The Labute approximate surface area is 67.0 Å². The van der Waals surface area contributed by atoms with Crippen LogP contribution in [0.15, 0.2) is 0 Å². The standard InChI is InChI=1S/C8H15NO2/c1-7-4-2-3-5-9(7)6-8(10)11/h7H,2-6H2,1H3,(H,10,11)/t7-/m0/s1. The van der Waals surface area contributed by atoms with Crippen molar-refractivity contribution in [3.05, 3.63) is 0 Å². The molecular formula is C8H15NO2. The highest BCUT2D eigenvalue weighted by molar-refractivity contribution is 5.65. The van der Waals surface area contributed by atoms with E-state index in [4.69, 9.17) is 0 Å². The summed E-state index contributed by atoms with van der Waals surface area (Å²) in [6, 6.07) is 0.502. The zero-order chi connectivity index (χ0) is 8.27. The summed E-state index contributed by atoms with van der Waals surface area (Å²) < 4.78 is 0. The minimum Gasteiger partial charge on any atom is -0.544 e. The van der Waals surface area contributed by atoms with Gasteiger partial charge < -0.3 is 14.8 Å². The van der Waals surface area contributed by atoms with Crippen molar-refractivity contribution in [1.82, 2.24) is 0 Å². The van der Waals surface area contributed by atoms with Crippen LogP contribution in [0.5, 0.6) is 0 Å². The molecule has 11 heavy (non-hydrogen) atoms. The van der Waals surface area contributed by atoms with E-state index in [9.17, 15) is 9.90 Å². The van der Waals surface area contributed by atoms with Crippen LogP contribution in [0.2, 0.25) is 0 Å². The first-order valence-electron chi connectivity index (χ1n) is 4.24. The van der Waals surface area contributed by atoms with E-state index in [1.165, 1.54) is 11.3 Å². The molecular weight excluding hydrogens is 142 g/mol. The lowest BCUT2D eigenvalue weighted by Crippen LogP contribution is -3.17. The second kappa shape index (κ2) is 3.72. The Balaban J connectivity index is 2.35. The Bertz CT molecular complexity index is 147. The van der Waals surface area contributed by atoms with E-state index in [-0.39, 0.29) is 6.54 Å². The Morgan fingerprint density at radius 3 is 2.91 bits per heavy atom. The van der Waals surface area contributed by atoms with Gasteiger partial charge in [0.1, 0.15) is 6.54 Å². The lowest BCUT2D eigenvalue weighted by molar-refractivity contribution is -0.923. The van der Waals surface area contributed by atoms with E-state index < -0.39 is 5.97 Å². The van der Waals surface area contributed by atoms with Crippen molar-refractivity contribution in [2.24, 2.45) is 0 Å². The molecule has 1 fully saturated rings. The molecule has 0 aromatic carbocycles. The third kappa shape index (κ3) is 2.50. The van der Waals surface area contributed by atoms with Crippen LogP contribution in [0.25, 0.3) is 0 Å². The van der Waals surface area contributed by atoms with Crippen LogP contribution in [0.4, 0.5) is 0 Å². The van der Waals surface area contributed by atoms with Crippen molar-refractivity contribution < 1.29 is 14.8 Å². The molecule has 64 valence electrons. The average Bonchev–Trinajstić information content (AvgIpc) is 1.93. The van der Waals surface area contributed by atoms with E-state index in [2.05, 4.69) is 6.92 Å². The van der Waals surface area contributed by atoms with Crippen molar-refractivity contribution in [2.45, 2.75) is 32.2 Å². The molecule has 1 saturated heterocycles. The number of rotatable bonds is 2. The number of likely N-dealkylation sites (tertiary alicyclic amines) is 1. The van der Waals surface area contributed by atoms with Crippen LogP contribution in [-0.2, 0) is 4.79 Å². The van der Waals surface area contributed by atoms with E-state index >= 15 is 0 Å². The number of hydrogen-bond donors (Lipinski definition) is 1. The van der Waals surface area contributed by atoms with E-state index in [0.717, 1.165) is 19.4 Å². The van der Waals surface area contributed by atoms with Crippen LogP contribution in [0.1, 0.15) is 26.2 Å². The van der Waals surface area contributed by atoms with Crippen LogP contribution >= 0.6 is 0 Å². The summed E-state index contributed by atoms with van der Waals surface area (Å²) in [7, 11) is 0. The molecule has 1 unspecified atom stereocenters. The summed E-state index contributed by atoms with van der Waals surface area (Å²) in [5.74, 6) is -0.922. The molecule has 1 heterocycles. The molecule has 1 aliphatic heterocycles. The smallest absolute Gasteiger partial charge is 0.118 e. The maximum atomic E-state index is 10.3. The lowest BCUT2D eigenvalue weighted by atomic mass is 10.0. The van der Waals surface area contributed by atoms with Gasteiger partial charge in [0.15, 0.2) is 0 Å². The average molecular weight is 157 g/mol. The first-order valence-corrected chi connectivity index (χ1v) is 4.24. The van der Waals surface area contributed by atoms with Gasteiger partial charge in [-0.2, -0.15) is 0 Å². The molecule has 0 amide bonds. The number of carboxylic acid groups (broad SMARTS) is 1. The molecule has 0 radical (unpaired) electrons. The zero-order valence-electron chi connectivity index (χ0n) is 6.93. The van der Waals surface area contributed by atoms with Crippen LogP contribution in [0.3, 0.4) is 0 Å². The van der Waals surface area contributed by atoms with Gasteiger partial charge in [0.2, 0.25) is 0 Å². The van der Waals surface area contributed by atoms with E-state index in [1.54, 1.807) is 0 Å². The van der Waals surface area contributed by atoms with Gasteiger partial charge in [-0.05, 0) is 26.2 Å². The highest BCUT2D eigenvalue weighted by Gasteiger charge is 2.21. The Morgan fingerprint density at radius 1 is 1.64 bits per heavy atom. The number of carboxylic acids is 1. The van der Waals surface area contributed by atoms with Crippen LogP contribution in [0, 0.1) is 0 Å². The summed E-state index contributed by atoms with van der Waals surface area (Å²) in [6.07, 6.45) is 3.56. The maximum absolute atomic E-state index is 10.3. The maximum Gasteiger partial charge on any atom is 0.118 e. The number of piperidine rings is 1. The highest BCUT2D eigenvalue weighted by atomic mass is 16.4. The summed E-state index contributed by atoms with van der Waals surface area (Å²) in [5.41, 5.74) is 0. The number of hydrogen-bond acceptors (Lipinski definition) is 2. The van der Waals surface area contributed by atoms with Gasteiger partial charge in [-0.1, -0.05) is 0 Å². The zero-order valence-corrected chi connectivity index (χ0v) is 6.93. The second-order valence-corrected chi connectivity index (χ2v) is 3.35.